The second-order valence-corrected chi connectivity index (χ2v) is 5.17. The van der Waals surface area contributed by atoms with E-state index in [1.807, 2.05) is 6.08 Å². The summed E-state index contributed by atoms with van der Waals surface area (Å²) in [7, 11) is 0. The number of unbranched alkanes of at least 4 members (excludes halogenated alkanes) is 4. The van der Waals surface area contributed by atoms with E-state index in [1.165, 1.54) is 6.42 Å². The number of nitrogens with two attached hydrogens (primary N) is 1. The molecular formula is C15H27NO4. The van der Waals surface area contributed by atoms with Crippen molar-refractivity contribution in [2.45, 2.75) is 58.3 Å². The van der Waals surface area contributed by atoms with Gasteiger partial charge in [0.05, 0.1) is 11.8 Å². The van der Waals surface area contributed by atoms with E-state index in [4.69, 9.17) is 15.9 Å². The van der Waals surface area contributed by atoms with Crippen molar-refractivity contribution in [2.24, 2.45) is 11.1 Å². The highest BCUT2D eigenvalue weighted by Gasteiger charge is 2.35. The monoisotopic (exact) mass is 285 g/mol. The van der Waals surface area contributed by atoms with Crippen LogP contribution in [0.3, 0.4) is 0 Å². The first-order valence-corrected chi connectivity index (χ1v) is 7.28. The minimum absolute atomic E-state index is 0.0843. The molecule has 0 aliphatic carbocycles. The van der Waals surface area contributed by atoms with Gasteiger partial charge in [0.2, 0.25) is 5.91 Å². The first-order valence-electron chi connectivity index (χ1n) is 7.28. The largest absolute Gasteiger partial charge is 0.481 e. The van der Waals surface area contributed by atoms with Gasteiger partial charge in [0.1, 0.15) is 0 Å². The predicted molar refractivity (Wildman–Crippen MR) is 78.1 cm³/mol. The van der Waals surface area contributed by atoms with Crippen LogP contribution in [0, 0.1) is 5.41 Å². The van der Waals surface area contributed by atoms with Crippen molar-refractivity contribution in [1.82, 2.24) is 0 Å². The number of aliphatic hydroxyl groups excluding tert-OH is 1. The summed E-state index contributed by atoms with van der Waals surface area (Å²) < 4.78 is 0. The SMILES string of the molecule is CCCCCCC=CC(CCCO)(CC(=O)O)C(N)=O. The van der Waals surface area contributed by atoms with Crippen molar-refractivity contribution >= 4 is 11.9 Å². The molecule has 0 rings (SSSR count). The molecule has 0 radical (unpaired) electrons. The number of hydrogen-bond donors (Lipinski definition) is 3. The van der Waals surface area contributed by atoms with Crippen molar-refractivity contribution < 1.29 is 19.8 Å². The number of aliphatic carboxylic acids is 1. The van der Waals surface area contributed by atoms with E-state index in [0.29, 0.717) is 6.42 Å². The summed E-state index contributed by atoms with van der Waals surface area (Å²) in [5, 5.41) is 17.9. The van der Waals surface area contributed by atoms with Gasteiger partial charge in [0.15, 0.2) is 0 Å². The lowest BCUT2D eigenvalue weighted by molar-refractivity contribution is -0.143. The number of carboxylic acids is 1. The molecule has 4 N–H and O–H groups in total. The van der Waals surface area contributed by atoms with Crippen LogP contribution in [-0.4, -0.2) is 28.7 Å². The molecule has 1 amide bonds. The maximum Gasteiger partial charge on any atom is 0.304 e. The zero-order valence-corrected chi connectivity index (χ0v) is 12.3. The molecular weight excluding hydrogens is 258 g/mol. The van der Waals surface area contributed by atoms with E-state index in [1.54, 1.807) is 6.08 Å². The van der Waals surface area contributed by atoms with Crippen LogP contribution >= 0.6 is 0 Å². The molecule has 0 spiro atoms. The fourth-order valence-corrected chi connectivity index (χ4v) is 2.19. The Morgan fingerprint density at radius 2 is 1.90 bits per heavy atom. The van der Waals surface area contributed by atoms with Gasteiger partial charge in [-0.15, -0.1) is 0 Å². The van der Waals surface area contributed by atoms with Crippen molar-refractivity contribution in [3.8, 4) is 0 Å². The molecule has 0 aromatic rings. The van der Waals surface area contributed by atoms with Crippen LogP contribution in [0.15, 0.2) is 12.2 Å². The van der Waals surface area contributed by atoms with Crippen molar-refractivity contribution in [1.29, 1.82) is 0 Å². The number of primary amides is 1. The van der Waals surface area contributed by atoms with Crippen molar-refractivity contribution in [3.05, 3.63) is 12.2 Å². The predicted octanol–water partition coefficient (Wildman–Crippen LogP) is 2.23. The van der Waals surface area contributed by atoms with E-state index in [2.05, 4.69) is 6.92 Å². The van der Waals surface area contributed by atoms with E-state index >= 15 is 0 Å². The first kappa shape index (κ1) is 18.6. The third-order valence-electron chi connectivity index (χ3n) is 3.40. The van der Waals surface area contributed by atoms with Gasteiger partial charge in [-0.3, -0.25) is 9.59 Å². The summed E-state index contributed by atoms with van der Waals surface area (Å²) in [6.07, 6.45) is 9.06. The quantitative estimate of drug-likeness (QED) is 0.378. The van der Waals surface area contributed by atoms with E-state index in [9.17, 15) is 9.59 Å². The third kappa shape index (κ3) is 7.28. The van der Waals surface area contributed by atoms with Crippen LogP contribution in [0.4, 0.5) is 0 Å². The molecule has 0 aliphatic rings. The molecule has 0 aromatic heterocycles. The molecule has 0 aliphatic heterocycles. The lowest BCUT2D eigenvalue weighted by Crippen LogP contribution is -2.37. The molecule has 0 heterocycles. The van der Waals surface area contributed by atoms with E-state index in [0.717, 1.165) is 25.7 Å². The summed E-state index contributed by atoms with van der Waals surface area (Å²) in [5.41, 5.74) is 4.21. The summed E-state index contributed by atoms with van der Waals surface area (Å²) in [6, 6.07) is 0. The molecule has 0 saturated carbocycles. The minimum Gasteiger partial charge on any atom is -0.481 e. The van der Waals surface area contributed by atoms with Crippen LogP contribution < -0.4 is 5.73 Å². The lowest BCUT2D eigenvalue weighted by atomic mass is 9.78. The van der Waals surface area contributed by atoms with Gasteiger partial charge in [0.25, 0.3) is 0 Å². The molecule has 0 aromatic carbocycles. The zero-order valence-electron chi connectivity index (χ0n) is 12.3. The van der Waals surface area contributed by atoms with E-state index in [-0.39, 0.29) is 19.4 Å². The van der Waals surface area contributed by atoms with Gasteiger partial charge in [0, 0.05) is 6.61 Å². The Morgan fingerprint density at radius 3 is 2.40 bits per heavy atom. The number of hydrogen-bond acceptors (Lipinski definition) is 3. The lowest BCUT2D eigenvalue weighted by Gasteiger charge is -2.25. The summed E-state index contributed by atoms with van der Waals surface area (Å²) in [6.45, 7) is 2.05. The van der Waals surface area contributed by atoms with Crippen LogP contribution in [0.5, 0.6) is 0 Å². The Balaban J connectivity index is 4.67. The molecule has 116 valence electrons. The number of carboxylic acid groups (broad SMARTS) is 1. The Labute approximate surface area is 120 Å². The standard InChI is InChI=1S/C15H27NO4/c1-2-3-4-5-6-7-9-15(14(16)20,10-8-11-17)12-13(18)19/h7,9,17H,2-6,8,10-12H2,1H3,(H2,16,20)(H,18,19). The topological polar surface area (TPSA) is 101 Å². The molecule has 5 heteroatoms. The van der Waals surface area contributed by atoms with Gasteiger partial charge in [-0.2, -0.15) is 0 Å². The average Bonchev–Trinajstić information content (AvgIpc) is 2.38. The second kappa shape index (κ2) is 10.4. The van der Waals surface area contributed by atoms with E-state index < -0.39 is 17.3 Å². The number of aliphatic hydroxyl groups is 1. The van der Waals surface area contributed by atoms with Gasteiger partial charge in [-0.05, 0) is 25.7 Å². The average molecular weight is 285 g/mol. The second-order valence-electron chi connectivity index (χ2n) is 5.17. The van der Waals surface area contributed by atoms with Gasteiger partial charge < -0.3 is 15.9 Å². The fourth-order valence-electron chi connectivity index (χ4n) is 2.19. The smallest absolute Gasteiger partial charge is 0.304 e. The maximum absolute atomic E-state index is 11.7. The summed E-state index contributed by atoms with van der Waals surface area (Å²) in [4.78, 5) is 22.6. The Kier molecular flexibility index (Phi) is 9.72. The highest BCUT2D eigenvalue weighted by Crippen LogP contribution is 2.30. The number of carbonyl (C=O) groups excluding carboxylic acids is 1. The molecule has 0 fully saturated rings. The van der Waals surface area contributed by atoms with Crippen molar-refractivity contribution in [2.75, 3.05) is 6.61 Å². The molecule has 0 saturated heterocycles. The Hall–Kier alpha value is -1.36. The van der Waals surface area contributed by atoms with Gasteiger partial charge in [-0.25, -0.2) is 0 Å². The molecule has 20 heavy (non-hydrogen) atoms. The number of rotatable bonds is 12. The van der Waals surface area contributed by atoms with Crippen LogP contribution in [0.2, 0.25) is 0 Å². The van der Waals surface area contributed by atoms with Crippen molar-refractivity contribution in [3.63, 3.8) is 0 Å². The third-order valence-corrected chi connectivity index (χ3v) is 3.40. The Morgan fingerprint density at radius 1 is 1.20 bits per heavy atom. The summed E-state index contributed by atoms with van der Waals surface area (Å²) in [5.74, 6) is -1.70. The van der Waals surface area contributed by atoms with Crippen LogP contribution in [0.1, 0.15) is 58.3 Å². The van der Waals surface area contributed by atoms with Gasteiger partial charge in [-0.1, -0.05) is 38.3 Å². The Bertz CT molecular complexity index is 328. The normalized spacial score (nSPS) is 14.3. The van der Waals surface area contributed by atoms with Crippen LogP contribution in [0.25, 0.3) is 0 Å². The molecule has 1 atom stereocenters. The highest BCUT2D eigenvalue weighted by atomic mass is 16.4. The van der Waals surface area contributed by atoms with Gasteiger partial charge >= 0.3 is 5.97 Å². The fraction of sp³-hybridized carbons (Fsp3) is 0.733. The number of amides is 1. The maximum atomic E-state index is 11.7. The zero-order chi connectivity index (χ0) is 15.4. The highest BCUT2D eigenvalue weighted by molar-refractivity contribution is 5.87. The molecule has 0 bridgehead atoms. The number of carbonyl (C=O) groups is 2. The minimum atomic E-state index is -1.18. The molecule has 5 nitrogen and oxygen atoms in total. The first-order chi connectivity index (χ1) is 9.48. The molecule has 1 unspecified atom stereocenters. The van der Waals surface area contributed by atoms with Crippen LogP contribution in [-0.2, 0) is 9.59 Å². The summed E-state index contributed by atoms with van der Waals surface area (Å²) >= 11 is 0. The number of allylic oxidation sites excluding steroid dienone is 1.